The number of hydrogen-bond donors (Lipinski definition) is 0. The van der Waals surface area contributed by atoms with Crippen molar-refractivity contribution in [3.05, 3.63) is 43.4 Å². The van der Waals surface area contributed by atoms with Crippen LogP contribution in [0.15, 0.2) is 43.4 Å². The predicted octanol–water partition coefficient (Wildman–Crippen LogP) is 3.25. The number of pyridine rings is 1. The summed E-state index contributed by atoms with van der Waals surface area (Å²) in [5.41, 5.74) is 1.25. The topological polar surface area (TPSA) is 70.7 Å². The molecule has 0 amide bonds. The van der Waals surface area contributed by atoms with Crippen molar-refractivity contribution in [1.82, 2.24) is 29.3 Å². The quantitative estimate of drug-likeness (QED) is 0.699. The average molecular weight is 376 g/mol. The third-order valence-electron chi connectivity index (χ3n) is 7.26. The van der Waals surface area contributed by atoms with Crippen molar-refractivity contribution in [1.29, 1.82) is 0 Å². The van der Waals surface area contributed by atoms with Gasteiger partial charge in [-0.15, -0.1) is 0 Å². The largest absolute Gasteiger partial charge is 0.481 e. The molecular weight excluding hydrogens is 352 g/mol. The highest BCUT2D eigenvalue weighted by molar-refractivity contribution is 5.57. The Bertz CT molecular complexity index is 996. The average Bonchev–Trinajstić information content (AvgIpc) is 3.39. The Labute approximate surface area is 163 Å². The van der Waals surface area contributed by atoms with Gasteiger partial charge in [0.1, 0.15) is 18.5 Å². The molecule has 0 N–H and O–H groups in total. The molecule has 7 nitrogen and oxygen atoms in total. The minimum atomic E-state index is 0.0953. The summed E-state index contributed by atoms with van der Waals surface area (Å²) in [5, 5.41) is 4.58. The van der Waals surface area contributed by atoms with E-state index in [-0.39, 0.29) is 11.1 Å². The highest BCUT2D eigenvalue weighted by atomic mass is 16.5. The monoisotopic (exact) mass is 376 g/mol. The summed E-state index contributed by atoms with van der Waals surface area (Å²) in [6, 6.07) is 4.00. The number of imidazole rings is 1. The molecule has 4 aliphatic carbocycles. The lowest BCUT2D eigenvalue weighted by atomic mass is 9.49. The van der Waals surface area contributed by atoms with Gasteiger partial charge in [-0.1, -0.05) is 0 Å². The van der Waals surface area contributed by atoms with Crippen molar-refractivity contribution in [2.24, 2.45) is 11.8 Å². The molecule has 0 spiro atoms. The minimum absolute atomic E-state index is 0.0953. The van der Waals surface area contributed by atoms with Crippen molar-refractivity contribution < 1.29 is 4.74 Å². The number of methoxy groups -OCH3 is 1. The Balaban J connectivity index is 1.46. The first-order chi connectivity index (χ1) is 13.7. The van der Waals surface area contributed by atoms with Crippen LogP contribution in [0.5, 0.6) is 5.88 Å². The molecule has 7 heteroatoms. The second kappa shape index (κ2) is 5.65. The Hall–Kier alpha value is -2.70. The first-order valence-corrected chi connectivity index (χ1v) is 10.1. The smallest absolute Gasteiger partial charge is 0.213 e. The highest BCUT2D eigenvalue weighted by Gasteiger charge is 2.60. The van der Waals surface area contributed by atoms with Gasteiger partial charge in [0, 0.05) is 35.8 Å². The van der Waals surface area contributed by atoms with E-state index in [0.29, 0.717) is 5.88 Å². The molecule has 2 unspecified atom stereocenters. The van der Waals surface area contributed by atoms with Crippen LogP contribution in [0.1, 0.15) is 38.5 Å². The molecule has 4 saturated carbocycles. The van der Waals surface area contributed by atoms with Crippen molar-refractivity contribution in [2.75, 3.05) is 7.11 Å². The Morgan fingerprint density at radius 1 is 1.07 bits per heavy atom. The first kappa shape index (κ1) is 16.3. The summed E-state index contributed by atoms with van der Waals surface area (Å²) in [4.78, 5) is 13.3. The lowest BCUT2D eigenvalue weighted by Gasteiger charge is -2.62. The summed E-state index contributed by atoms with van der Waals surface area (Å²) in [7, 11) is 1.65. The SMILES string of the molecule is COc1cc(-c2nccn2C23CC4CC(CC(n5cncn5)(C4)C2)C3)ccn1. The molecule has 4 fully saturated rings. The fraction of sp³-hybridized carbons (Fsp3) is 0.524. The van der Waals surface area contributed by atoms with E-state index < -0.39 is 0 Å². The van der Waals surface area contributed by atoms with Crippen LogP contribution in [0.25, 0.3) is 11.4 Å². The second-order valence-electron chi connectivity index (χ2n) is 8.96. The van der Waals surface area contributed by atoms with Crippen LogP contribution >= 0.6 is 0 Å². The van der Waals surface area contributed by atoms with Gasteiger partial charge in [0.25, 0.3) is 0 Å². The van der Waals surface area contributed by atoms with Crippen molar-refractivity contribution in [3.8, 4) is 17.3 Å². The number of rotatable bonds is 4. The van der Waals surface area contributed by atoms with Crippen LogP contribution in [-0.2, 0) is 11.1 Å². The summed E-state index contributed by atoms with van der Waals surface area (Å²) in [6.07, 6.45) is 16.9. The molecule has 3 aromatic rings. The normalized spacial score (nSPS) is 33.3. The molecule has 28 heavy (non-hydrogen) atoms. The number of nitrogens with zero attached hydrogens (tertiary/aromatic N) is 6. The fourth-order valence-electron chi connectivity index (χ4n) is 6.73. The van der Waals surface area contributed by atoms with E-state index in [1.54, 1.807) is 19.6 Å². The molecule has 0 aromatic carbocycles. The molecular formula is C21H24N6O. The van der Waals surface area contributed by atoms with Gasteiger partial charge in [0.15, 0.2) is 0 Å². The van der Waals surface area contributed by atoms with Crippen LogP contribution < -0.4 is 4.74 Å². The molecule has 7 rings (SSSR count). The molecule has 4 bridgehead atoms. The molecule has 3 aromatic heterocycles. The zero-order valence-electron chi connectivity index (χ0n) is 16.0. The van der Waals surface area contributed by atoms with Crippen molar-refractivity contribution >= 4 is 0 Å². The first-order valence-electron chi connectivity index (χ1n) is 10.1. The molecule has 0 radical (unpaired) electrons. The van der Waals surface area contributed by atoms with E-state index in [1.807, 2.05) is 24.7 Å². The van der Waals surface area contributed by atoms with Gasteiger partial charge in [-0.05, 0) is 56.4 Å². The van der Waals surface area contributed by atoms with Crippen LogP contribution in [0, 0.1) is 11.8 Å². The Morgan fingerprint density at radius 3 is 2.64 bits per heavy atom. The molecule has 2 atom stereocenters. The summed E-state index contributed by atoms with van der Waals surface area (Å²) in [5.74, 6) is 3.12. The van der Waals surface area contributed by atoms with E-state index in [0.717, 1.165) is 29.6 Å². The molecule has 0 saturated heterocycles. The van der Waals surface area contributed by atoms with Gasteiger partial charge < -0.3 is 9.30 Å². The maximum absolute atomic E-state index is 5.34. The molecule has 3 heterocycles. The van der Waals surface area contributed by atoms with E-state index >= 15 is 0 Å². The number of hydrogen-bond acceptors (Lipinski definition) is 5. The molecule has 144 valence electrons. The minimum Gasteiger partial charge on any atom is -0.481 e. The van der Waals surface area contributed by atoms with Gasteiger partial charge in [-0.3, -0.25) is 0 Å². The lowest BCUT2D eigenvalue weighted by Crippen LogP contribution is -2.60. The number of aromatic nitrogens is 6. The van der Waals surface area contributed by atoms with E-state index in [2.05, 4.69) is 30.5 Å². The van der Waals surface area contributed by atoms with Gasteiger partial charge in [0.05, 0.1) is 12.6 Å². The Kier molecular flexibility index (Phi) is 3.29. The third kappa shape index (κ3) is 2.22. The van der Waals surface area contributed by atoms with Gasteiger partial charge >= 0.3 is 0 Å². The summed E-state index contributed by atoms with van der Waals surface area (Å²) < 4.78 is 9.95. The Morgan fingerprint density at radius 2 is 1.89 bits per heavy atom. The summed E-state index contributed by atoms with van der Waals surface area (Å²) >= 11 is 0. The molecule has 4 aliphatic rings. The molecule has 0 aliphatic heterocycles. The summed E-state index contributed by atoms with van der Waals surface area (Å²) in [6.45, 7) is 0. The maximum Gasteiger partial charge on any atom is 0.213 e. The van der Waals surface area contributed by atoms with E-state index in [4.69, 9.17) is 9.72 Å². The maximum atomic E-state index is 5.34. The van der Waals surface area contributed by atoms with Gasteiger partial charge in [0.2, 0.25) is 5.88 Å². The van der Waals surface area contributed by atoms with Crippen LogP contribution in [-0.4, -0.2) is 36.4 Å². The fourth-order valence-corrected chi connectivity index (χ4v) is 6.73. The standard InChI is InChI=1S/C21H24N6O/c1-28-18-7-17(2-3-23-18)19-24-4-5-26(19)20-8-15-6-16(9-20)11-21(10-15,12-20)27-14-22-13-25-27/h2-5,7,13-16H,6,8-12H2,1H3. The second-order valence-corrected chi connectivity index (χ2v) is 8.96. The van der Waals surface area contributed by atoms with Gasteiger partial charge in [-0.2, -0.15) is 5.10 Å². The van der Waals surface area contributed by atoms with Crippen molar-refractivity contribution in [2.45, 2.75) is 49.6 Å². The van der Waals surface area contributed by atoms with Crippen LogP contribution in [0.2, 0.25) is 0 Å². The highest BCUT2D eigenvalue weighted by Crippen LogP contribution is 2.63. The number of ether oxygens (including phenoxy) is 1. The van der Waals surface area contributed by atoms with Crippen LogP contribution in [0.3, 0.4) is 0 Å². The van der Waals surface area contributed by atoms with Crippen LogP contribution in [0.4, 0.5) is 0 Å². The van der Waals surface area contributed by atoms with E-state index in [1.165, 1.54) is 32.1 Å². The predicted molar refractivity (Wildman–Crippen MR) is 103 cm³/mol. The van der Waals surface area contributed by atoms with Gasteiger partial charge in [-0.25, -0.2) is 19.6 Å². The third-order valence-corrected chi connectivity index (χ3v) is 7.26. The zero-order valence-corrected chi connectivity index (χ0v) is 16.0. The van der Waals surface area contributed by atoms with E-state index in [9.17, 15) is 0 Å². The van der Waals surface area contributed by atoms with Crippen molar-refractivity contribution in [3.63, 3.8) is 0 Å². The lowest BCUT2D eigenvalue weighted by molar-refractivity contribution is -0.0968. The zero-order chi connectivity index (χ0) is 18.8.